The Kier molecular flexibility index (Phi) is 2.82. The summed E-state index contributed by atoms with van der Waals surface area (Å²) in [5.74, 6) is 0.132. The van der Waals surface area contributed by atoms with Crippen LogP contribution in [0, 0.1) is 0 Å². The summed E-state index contributed by atoms with van der Waals surface area (Å²) in [6.45, 7) is 4.70. The molecule has 0 fully saturated rings. The minimum absolute atomic E-state index is 0.132. The van der Waals surface area contributed by atoms with Crippen molar-refractivity contribution in [1.29, 1.82) is 0 Å². The molecule has 3 nitrogen and oxygen atoms in total. The molecule has 4 heteroatoms. The van der Waals surface area contributed by atoms with Gasteiger partial charge in [0.1, 0.15) is 16.6 Å². The molecule has 1 aromatic heterocycles. The number of hydrogen-bond donors (Lipinski definition) is 0. The van der Waals surface area contributed by atoms with Crippen LogP contribution in [0.1, 0.15) is 5.69 Å². The summed E-state index contributed by atoms with van der Waals surface area (Å²) in [7, 11) is 0. The molecule has 1 radical (unpaired) electrons. The molecule has 1 aromatic rings. The van der Waals surface area contributed by atoms with E-state index < -0.39 is 0 Å². The van der Waals surface area contributed by atoms with Crippen LogP contribution in [0.5, 0.6) is 0 Å². The van der Waals surface area contributed by atoms with E-state index in [1.807, 2.05) is 0 Å². The second kappa shape index (κ2) is 3.88. The summed E-state index contributed by atoms with van der Waals surface area (Å²) >= 11 is 5.58. The fourth-order valence-corrected chi connectivity index (χ4v) is 0.830. The molecule has 0 aliphatic heterocycles. The Labute approximate surface area is 74.6 Å². The third-order valence-corrected chi connectivity index (χ3v) is 1.38. The second-order valence-electron chi connectivity index (χ2n) is 1.95. The smallest absolute Gasteiger partial charge is 0.416 e. The first-order valence-electron chi connectivity index (χ1n) is 3.10. The van der Waals surface area contributed by atoms with Gasteiger partial charge in [0.25, 0.3) is 0 Å². The van der Waals surface area contributed by atoms with Gasteiger partial charge in [-0.2, -0.15) is 0 Å². The van der Waals surface area contributed by atoms with Crippen molar-refractivity contribution in [3.8, 4) is 0 Å². The van der Waals surface area contributed by atoms with Crippen LogP contribution in [-0.4, -0.2) is 11.5 Å². The van der Waals surface area contributed by atoms with Crippen molar-refractivity contribution in [2.75, 3.05) is 0 Å². The number of nitrogens with zero attached hydrogens (tertiary/aromatic N) is 1. The zero-order valence-corrected chi connectivity index (χ0v) is 6.84. The number of aromatic nitrogens is 1. The van der Waals surface area contributed by atoms with Gasteiger partial charge >= 0.3 is 6.47 Å². The van der Waals surface area contributed by atoms with Crippen molar-refractivity contribution in [2.45, 2.75) is 0 Å². The van der Waals surface area contributed by atoms with Crippen LogP contribution in [0.15, 0.2) is 24.8 Å². The van der Waals surface area contributed by atoms with E-state index in [-0.39, 0.29) is 5.76 Å². The molecular formula is C8H5ClNO2. The normalized spacial score (nSPS) is 9.08. The largest absolute Gasteiger partial charge is 0.423 e. The third kappa shape index (κ3) is 2.07. The van der Waals surface area contributed by atoms with E-state index in [2.05, 4.69) is 16.3 Å². The summed E-state index contributed by atoms with van der Waals surface area (Å²) in [5.41, 5.74) is 0.422. The second-order valence-corrected chi connectivity index (χ2v) is 2.34. The molecule has 12 heavy (non-hydrogen) atoms. The average molecular weight is 183 g/mol. The lowest BCUT2D eigenvalue weighted by Gasteiger charge is -1.99. The molecule has 0 N–H and O–H groups in total. The fraction of sp³-hybridized carbons (Fsp3) is 0. The van der Waals surface area contributed by atoms with E-state index >= 15 is 0 Å². The first-order valence-corrected chi connectivity index (χ1v) is 3.47. The standard InChI is InChI=1S/C8H5ClNO2/c1-6(12-5-11)7-3-2-4-8(9)10-7/h2-4H,1H2. The Morgan fingerprint density at radius 2 is 2.42 bits per heavy atom. The molecule has 0 aliphatic rings. The van der Waals surface area contributed by atoms with Crippen molar-refractivity contribution >= 4 is 23.8 Å². The summed E-state index contributed by atoms with van der Waals surface area (Å²) < 4.78 is 4.36. The van der Waals surface area contributed by atoms with Gasteiger partial charge in [-0.25, -0.2) is 9.78 Å². The Morgan fingerprint density at radius 1 is 1.67 bits per heavy atom. The molecule has 0 saturated heterocycles. The Bertz CT molecular complexity index is 312. The first kappa shape index (κ1) is 8.74. The van der Waals surface area contributed by atoms with Gasteiger partial charge in [-0.15, -0.1) is 0 Å². The van der Waals surface area contributed by atoms with Crippen LogP contribution in [0.4, 0.5) is 0 Å². The molecule has 1 rings (SSSR count). The monoisotopic (exact) mass is 182 g/mol. The van der Waals surface area contributed by atoms with E-state index in [0.29, 0.717) is 10.8 Å². The number of carbonyl (C=O) groups excluding carboxylic acids is 1. The Morgan fingerprint density at radius 3 is 3.00 bits per heavy atom. The maximum Gasteiger partial charge on any atom is 0.423 e. The molecule has 61 valence electrons. The maximum absolute atomic E-state index is 9.80. The minimum Gasteiger partial charge on any atom is -0.416 e. The lowest BCUT2D eigenvalue weighted by molar-refractivity contribution is 0.418. The van der Waals surface area contributed by atoms with Gasteiger partial charge in [0.05, 0.1) is 0 Å². The molecule has 0 bridgehead atoms. The number of rotatable bonds is 3. The van der Waals surface area contributed by atoms with Gasteiger partial charge in [-0.1, -0.05) is 24.2 Å². The van der Waals surface area contributed by atoms with Crippen molar-refractivity contribution in [1.82, 2.24) is 4.98 Å². The highest BCUT2D eigenvalue weighted by atomic mass is 35.5. The van der Waals surface area contributed by atoms with Crippen molar-refractivity contribution in [3.05, 3.63) is 35.6 Å². The van der Waals surface area contributed by atoms with Gasteiger partial charge < -0.3 is 4.74 Å². The van der Waals surface area contributed by atoms with E-state index in [0.717, 1.165) is 0 Å². The molecule has 0 spiro atoms. The Hall–Kier alpha value is -1.35. The number of ether oxygens (including phenoxy) is 1. The molecular weight excluding hydrogens is 178 g/mol. The number of halogens is 1. The molecule has 0 unspecified atom stereocenters. The van der Waals surface area contributed by atoms with Crippen LogP contribution in [0.3, 0.4) is 0 Å². The quantitative estimate of drug-likeness (QED) is 0.529. The lowest BCUT2D eigenvalue weighted by Crippen LogP contribution is -1.91. The van der Waals surface area contributed by atoms with E-state index in [1.54, 1.807) is 18.2 Å². The van der Waals surface area contributed by atoms with E-state index in [4.69, 9.17) is 11.6 Å². The van der Waals surface area contributed by atoms with Gasteiger partial charge in [0.2, 0.25) is 0 Å². The van der Waals surface area contributed by atoms with E-state index in [9.17, 15) is 4.79 Å². The fourth-order valence-electron chi connectivity index (χ4n) is 0.666. The average Bonchev–Trinajstić information content (AvgIpc) is 2.05. The molecule has 0 amide bonds. The van der Waals surface area contributed by atoms with Gasteiger partial charge in [0.15, 0.2) is 0 Å². The van der Waals surface area contributed by atoms with Crippen LogP contribution >= 0.6 is 11.6 Å². The summed E-state index contributed by atoms with van der Waals surface area (Å²) in [6.07, 6.45) is 0. The highest BCUT2D eigenvalue weighted by Gasteiger charge is 2.01. The van der Waals surface area contributed by atoms with Gasteiger partial charge in [-0.3, -0.25) is 0 Å². The van der Waals surface area contributed by atoms with Crippen molar-refractivity contribution in [3.63, 3.8) is 0 Å². The first-order chi connectivity index (χ1) is 5.74. The SMILES string of the molecule is C=C(O[C]=O)c1cccc(Cl)n1. The minimum atomic E-state index is 0.132. The highest BCUT2D eigenvalue weighted by Crippen LogP contribution is 2.12. The van der Waals surface area contributed by atoms with Crippen LogP contribution in [0.2, 0.25) is 5.15 Å². The molecule has 0 saturated carbocycles. The van der Waals surface area contributed by atoms with Crippen LogP contribution in [0.25, 0.3) is 5.76 Å². The van der Waals surface area contributed by atoms with Crippen LogP contribution < -0.4 is 0 Å². The van der Waals surface area contributed by atoms with Gasteiger partial charge in [0, 0.05) is 0 Å². The summed E-state index contributed by atoms with van der Waals surface area (Å²) in [4.78, 5) is 13.7. The van der Waals surface area contributed by atoms with E-state index in [1.165, 1.54) is 6.47 Å². The predicted molar refractivity (Wildman–Crippen MR) is 45.1 cm³/mol. The topological polar surface area (TPSA) is 39.2 Å². The lowest BCUT2D eigenvalue weighted by atomic mass is 10.3. The molecule has 0 atom stereocenters. The summed E-state index contributed by atoms with van der Waals surface area (Å²) in [5, 5.41) is 0.322. The van der Waals surface area contributed by atoms with Crippen molar-refractivity contribution in [2.24, 2.45) is 0 Å². The zero-order valence-electron chi connectivity index (χ0n) is 6.08. The molecule has 0 aliphatic carbocycles. The predicted octanol–water partition coefficient (Wildman–Crippen LogP) is 1.79. The number of pyridine rings is 1. The number of hydrogen-bond acceptors (Lipinski definition) is 3. The molecule has 0 aromatic carbocycles. The van der Waals surface area contributed by atoms with Crippen LogP contribution in [-0.2, 0) is 9.53 Å². The highest BCUT2D eigenvalue weighted by molar-refractivity contribution is 6.29. The zero-order chi connectivity index (χ0) is 8.97. The van der Waals surface area contributed by atoms with Gasteiger partial charge in [-0.05, 0) is 12.1 Å². The summed E-state index contributed by atoms with van der Waals surface area (Å²) in [6, 6.07) is 4.93. The third-order valence-electron chi connectivity index (χ3n) is 1.17. The Balaban J connectivity index is 2.87. The molecule has 1 heterocycles. The van der Waals surface area contributed by atoms with Crippen molar-refractivity contribution < 1.29 is 9.53 Å². The maximum atomic E-state index is 9.80.